The maximum Gasteiger partial charge on any atom is 0.422 e. The molecule has 0 radical (unpaired) electrons. The number of amides is 2. The van der Waals surface area contributed by atoms with Gasteiger partial charge in [0, 0.05) is 18.8 Å². The number of allylic oxidation sites excluding steroid dienone is 1. The number of cyclic esters (lactones) is 1. The van der Waals surface area contributed by atoms with Crippen molar-refractivity contribution >= 4 is 23.8 Å². The number of fused-ring (bicyclic) bond motifs is 1. The van der Waals surface area contributed by atoms with Gasteiger partial charge in [-0.05, 0) is 31.6 Å². The minimum absolute atomic E-state index is 0.106. The van der Waals surface area contributed by atoms with Crippen molar-refractivity contribution < 1.29 is 14.3 Å². The summed E-state index contributed by atoms with van der Waals surface area (Å²) >= 11 is 0. The second kappa shape index (κ2) is 5.09. The first-order valence-corrected chi connectivity index (χ1v) is 7.00. The van der Waals surface area contributed by atoms with E-state index in [0.717, 1.165) is 16.2 Å². The number of carbonyl (C=O) groups excluding carboxylic acids is 2. The van der Waals surface area contributed by atoms with Crippen LogP contribution < -0.4 is 4.90 Å². The fourth-order valence-electron chi connectivity index (χ4n) is 2.63. The van der Waals surface area contributed by atoms with Crippen LogP contribution in [0.15, 0.2) is 41.8 Å². The second-order valence-electron chi connectivity index (χ2n) is 4.77. The Bertz CT molecular complexity index is 676. The molecule has 2 aliphatic heterocycles. The Morgan fingerprint density at radius 2 is 1.71 bits per heavy atom. The summed E-state index contributed by atoms with van der Waals surface area (Å²) in [6.07, 6.45) is 3.15. The highest BCUT2D eigenvalue weighted by Gasteiger charge is 2.39. The van der Waals surface area contributed by atoms with Gasteiger partial charge in [-0.25, -0.2) is 9.69 Å². The van der Waals surface area contributed by atoms with Crippen LogP contribution in [0.1, 0.15) is 19.4 Å². The number of imide groups is 1. The second-order valence-corrected chi connectivity index (χ2v) is 4.77. The van der Waals surface area contributed by atoms with Crippen molar-refractivity contribution in [2.24, 2.45) is 0 Å². The van der Waals surface area contributed by atoms with Crippen molar-refractivity contribution in [3.63, 3.8) is 0 Å². The number of rotatable bonds is 2. The lowest BCUT2D eigenvalue weighted by molar-refractivity contribution is -0.123. The van der Waals surface area contributed by atoms with Gasteiger partial charge in [-0.1, -0.05) is 24.3 Å². The summed E-state index contributed by atoms with van der Waals surface area (Å²) in [5.41, 5.74) is 2.71. The Labute approximate surface area is 123 Å². The molecule has 5 heteroatoms. The van der Waals surface area contributed by atoms with Crippen LogP contribution in [0.2, 0.25) is 0 Å². The summed E-state index contributed by atoms with van der Waals surface area (Å²) in [6.45, 7) is 4.73. The van der Waals surface area contributed by atoms with Crippen molar-refractivity contribution in [2.75, 3.05) is 18.0 Å². The van der Waals surface area contributed by atoms with E-state index in [9.17, 15) is 9.59 Å². The van der Waals surface area contributed by atoms with E-state index < -0.39 is 6.09 Å². The van der Waals surface area contributed by atoms with Gasteiger partial charge in [0.1, 0.15) is 0 Å². The molecule has 1 aromatic carbocycles. The minimum atomic E-state index is -0.603. The molecular weight excluding hydrogens is 268 g/mol. The Balaban J connectivity index is 2.10. The van der Waals surface area contributed by atoms with Gasteiger partial charge >= 0.3 is 12.0 Å². The summed E-state index contributed by atoms with van der Waals surface area (Å²) in [6, 6.07) is 7.91. The molecule has 0 N–H and O–H groups in total. The molecule has 0 unspecified atom stereocenters. The number of benzene rings is 1. The van der Waals surface area contributed by atoms with Crippen molar-refractivity contribution in [3.8, 4) is 0 Å². The molecule has 0 spiro atoms. The number of carbonyl (C=O) groups is 2. The van der Waals surface area contributed by atoms with Gasteiger partial charge in [0.05, 0.1) is 5.70 Å². The molecule has 5 nitrogen and oxygen atoms in total. The number of hydrogen-bond acceptors (Lipinski definition) is 4. The Hall–Kier alpha value is -2.56. The summed E-state index contributed by atoms with van der Waals surface area (Å²) in [5, 5.41) is 0. The van der Waals surface area contributed by atoms with Gasteiger partial charge < -0.3 is 9.64 Å². The predicted molar refractivity (Wildman–Crippen MR) is 79.4 cm³/mol. The highest BCUT2D eigenvalue weighted by molar-refractivity contribution is 6.08. The van der Waals surface area contributed by atoms with Crippen LogP contribution in [0.4, 0.5) is 10.5 Å². The molecule has 108 valence electrons. The first kappa shape index (κ1) is 13.4. The monoisotopic (exact) mass is 284 g/mol. The van der Waals surface area contributed by atoms with Crippen LogP contribution in [-0.4, -0.2) is 30.0 Å². The molecule has 1 aromatic rings. The lowest BCUT2D eigenvalue weighted by atomic mass is 10.1. The lowest BCUT2D eigenvalue weighted by Gasteiger charge is -2.29. The molecule has 0 aliphatic carbocycles. The molecule has 0 atom stereocenters. The van der Waals surface area contributed by atoms with Crippen molar-refractivity contribution in [2.45, 2.75) is 13.8 Å². The van der Waals surface area contributed by atoms with E-state index in [4.69, 9.17) is 4.74 Å². The van der Waals surface area contributed by atoms with Crippen molar-refractivity contribution in [1.29, 1.82) is 0 Å². The zero-order valence-corrected chi connectivity index (χ0v) is 12.0. The third kappa shape index (κ3) is 2.01. The van der Waals surface area contributed by atoms with Gasteiger partial charge in [-0.3, -0.25) is 4.79 Å². The zero-order chi connectivity index (χ0) is 15.0. The Morgan fingerprint density at radius 3 is 2.38 bits per heavy atom. The quantitative estimate of drug-likeness (QED) is 0.784. The number of likely N-dealkylation sites (N-methyl/N-ethyl adjacent to an activating group) is 2. The van der Waals surface area contributed by atoms with E-state index in [1.807, 2.05) is 48.2 Å². The first-order valence-electron chi connectivity index (χ1n) is 7.00. The summed E-state index contributed by atoms with van der Waals surface area (Å²) in [7, 11) is 0. The predicted octanol–water partition coefficient (Wildman–Crippen LogP) is 2.75. The zero-order valence-electron chi connectivity index (χ0n) is 12.0. The third-order valence-corrected chi connectivity index (χ3v) is 3.65. The maximum absolute atomic E-state index is 12.3. The molecule has 2 amide bonds. The van der Waals surface area contributed by atoms with Crippen LogP contribution in [0.3, 0.4) is 0 Å². The van der Waals surface area contributed by atoms with Gasteiger partial charge in [-0.2, -0.15) is 0 Å². The number of ether oxygens (including phenoxy) is 1. The molecule has 2 aliphatic rings. The van der Waals surface area contributed by atoms with E-state index in [-0.39, 0.29) is 11.7 Å². The smallest absolute Gasteiger partial charge is 0.402 e. The lowest BCUT2D eigenvalue weighted by Crippen LogP contribution is -2.30. The van der Waals surface area contributed by atoms with Gasteiger partial charge in [-0.15, -0.1) is 0 Å². The third-order valence-electron chi connectivity index (χ3n) is 3.65. The summed E-state index contributed by atoms with van der Waals surface area (Å²) < 4.78 is 5.19. The Kier molecular flexibility index (Phi) is 3.25. The highest BCUT2D eigenvalue weighted by atomic mass is 16.6. The van der Waals surface area contributed by atoms with E-state index in [1.165, 1.54) is 0 Å². The Morgan fingerprint density at radius 1 is 1.00 bits per heavy atom. The molecule has 0 saturated carbocycles. The van der Waals surface area contributed by atoms with Gasteiger partial charge in [0.15, 0.2) is 0 Å². The fourth-order valence-corrected chi connectivity index (χ4v) is 2.63. The van der Waals surface area contributed by atoms with E-state index in [0.29, 0.717) is 18.8 Å². The van der Waals surface area contributed by atoms with Crippen LogP contribution >= 0.6 is 0 Å². The summed E-state index contributed by atoms with van der Waals surface area (Å²) in [4.78, 5) is 27.1. The molecule has 1 saturated heterocycles. The molecule has 21 heavy (non-hydrogen) atoms. The average molecular weight is 284 g/mol. The standard InChI is InChI=1S/C16H16N2O3/c1-3-17-12-8-6-5-7-11(12)9-10-13(17)14-15(19)18(4-2)16(20)21-14/h5-10H,3-4H2,1-2H3/b14-13+. The molecule has 1 fully saturated rings. The van der Waals surface area contributed by atoms with Crippen LogP contribution in [0, 0.1) is 0 Å². The number of anilines is 1. The average Bonchev–Trinajstić information content (AvgIpc) is 2.80. The van der Waals surface area contributed by atoms with E-state index >= 15 is 0 Å². The molecule has 0 bridgehead atoms. The number of hydrogen-bond donors (Lipinski definition) is 0. The molecular formula is C16H16N2O3. The van der Waals surface area contributed by atoms with Crippen LogP contribution in [0.25, 0.3) is 6.08 Å². The highest BCUT2D eigenvalue weighted by Crippen LogP contribution is 2.33. The number of nitrogens with zero attached hydrogens (tertiary/aromatic N) is 2. The SMILES string of the molecule is CCN1C(=O)O/C(=C2\C=Cc3ccccc3N2CC)C1=O. The normalized spacial score (nSPS) is 20.9. The fraction of sp³-hybridized carbons (Fsp3) is 0.250. The van der Waals surface area contributed by atoms with Crippen LogP contribution in [0.5, 0.6) is 0 Å². The van der Waals surface area contributed by atoms with Crippen molar-refractivity contribution in [1.82, 2.24) is 4.90 Å². The topological polar surface area (TPSA) is 49.9 Å². The molecule has 2 heterocycles. The van der Waals surface area contributed by atoms with E-state index in [2.05, 4.69) is 0 Å². The maximum atomic E-state index is 12.3. The number of para-hydroxylation sites is 1. The van der Waals surface area contributed by atoms with Gasteiger partial charge in [0.25, 0.3) is 0 Å². The first-order chi connectivity index (χ1) is 10.2. The van der Waals surface area contributed by atoms with Crippen LogP contribution in [-0.2, 0) is 9.53 Å². The van der Waals surface area contributed by atoms with Crippen molar-refractivity contribution in [3.05, 3.63) is 47.4 Å². The van der Waals surface area contributed by atoms with E-state index in [1.54, 1.807) is 6.92 Å². The van der Waals surface area contributed by atoms with Gasteiger partial charge in [0.2, 0.25) is 5.76 Å². The molecule has 0 aromatic heterocycles. The molecule has 3 rings (SSSR count). The minimum Gasteiger partial charge on any atom is -0.402 e. The summed E-state index contributed by atoms with van der Waals surface area (Å²) in [5.74, 6) is -0.269. The largest absolute Gasteiger partial charge is 0.422 e.